The fraction of sp³-hybridized carbons (Fsp3) is 0.125. The Morgan fingerprint density at radius 1 is 1.60 bits per heavy atom. The first-order chi connectivity index (χ1) is 9.36. The second kappa shape index (κ2) is 5.02. The van der Waals surface area contributed by atoms with E-state index in [-0.39, 0.29) is 27.3 Å². The maximum atomic E-state index is 12.2. The lowest BCUT2D eigenvalue weighted by Crippen LogP contribution is -2.20. The van der Waals surface area contributed by atoms with Gasteiger partial charge in [0.05, 0.1) is 23.0 Å². The quantitative estimate of drug-likeness (QED) is 0.262. The summed E-state index contributed by atoms with van der Waals surface area (Å²) in [6.45, 7) is 0. The van der Waals surface area contributed by atoms with E-state index in [1.807, 2.05) is 0 Å². The number of oxime groups is 1. The van der Waals surface area contributed by atoms with E-state index in [1.165, 1.54) is 19.4 Å². The summed E-state index contributed by atoms with van der Waals surface area (Å²) >= 11 is 5.78. The monoisotopic (exact) mass is 319 g/mol. The molecule has 0 saturated carbocycles. The molecule has 0 aliphatic heterocycles. The van der Waals surface area contributed by atoms with E-state index in [4.69, 9.17) is 22.5 Å². The van der Waals surface area contributed by atoms with E-state index >= 15 is 0 Å². The van der Waals surface area contributed by atoms with Crippen molar-refractivity contribution in [3.63, 3.8) is 0 Å². The highest BCUT2D eigenvalue weighted by Crippen LogP contribution is 2.23. The number of nitrogens with zero attached hydrogens (tertiary/aromatic N) is 4. The third kappa shape index (κ3) is 2.40. The van der Waals surface area contributed by atoms with Crippen molar-refractivity contribution in [2.75, 3.05) is 4.72 Å². The van der Waals surface area contributed by atoms with Gasteiger partial charge in [0.25, 0.3) is 10.0 Å². The molecule has 0 unspecified atom stereocenters. The molecule has 20 heavy (non-hydrogen) atoms. The highest BCUT2D eigenvalue weighted by Gasteiger charge is 2.25. The fourth-order valence-corrected chi connectivity index (χ4v) is 3.19. The van der Waals surface area contributed by atoms with Gasteiger partial charge in [0.1, 0.15) is 5.82 Å². The fourth-order valence-electron chi connectivity index (χ4n) is 1.50. The molecule has 0 saturated heterocycles. The number of aryl methyl sites for hydroxylation is 1. The lowest BCUT2D eigenvalue weighted by atomic mass is 10.3. The summed E-state index contributed by atoms with van der Waals surface area (Å²) in [4.78, 5) is 0. The summed E-state index contributed by atoms with van der Waals surface area (Å²) in [5, 5.41) is 20.9. The number of nitrogens with one attached hydrogen (secondary N) is 2. The van der Waals surface area contributed by atoms with Gasteiger partial charge in [-0.2, -0.15) is 18.6 Å². The lowest BCUT2D eigenvalue weighted by molar-refractivity contribution is 0.318. The second-order valence-electron chi connectivity index (χ2n) is 3.67. The molecule has 12 heteroatoms. The number of hydrogen-bond donors (Lipinski definition) is 4. The number of sulfonamides is 1. The molecule has 0 aromatic carbocycles. The van der Waals surface area contributed by atoms with Crippen molar-refractivity contribution in [3.05, 3.63) is 23.0 Å². The zero-order valence-corrected chi connectivity index (χ0v) is 11.6. The van der Waals surface area contributed by atoms with Gasteiger partial charge in [-0.3, -0.25) is 14.5 Å². The Hall–Kier alpha value is -2.27. The van der Waals surface area contributed by atoms with Gasteiger partial charge in [-0.1, -0.05) is 16.8 Å². The molecule has 5 N–H and O–H groups in total. The van der Waals surface area contributed by atoms with Crippen molar-refractivity contribution in [1.29, 1.82) is 0 Å². The first-order valence-electron chi connectivity index (χ1n) is 5.08. The Kier molecular flexibility index (Phi) is 3.55. The van der Waals surface area contributed by atoms with Crippen LogP contribution in [0.15, 0.2) is 22.6 Å². The number of nitrogens with two attached hydrogens (primary N) is 1. The Labute approximate surface area is 118 Å². The number of halogens is 1. The van der Waals surface area contributed by atoms with Crippen molar-refractivity contribution in [1.82, 2.24) is 20.0 Å². The molecule has 0 bridgehead atoms. The Morgan fingerprint density at radius 2 is 2.30 bits per heavy atom. The number of aromatic nitrogens is 4. The predicted octanol–water partition coefficient (Wildman–Crippen LogP) is -0.308. The average Bonchev–Trinajstić information content (AvgIpc) is 2.95. The van der Waals surface area contributed by atoms with E-state index in [1.54, 1.807) is 0 Å². The molecule has 2 aromatic rings. The minimum Gasteiger partial charge on any atom is -0.409 e. The van der Waals surface area contributed by atoms with Crippen molar-refractivity contribution in [2.45, 2.75) is 5.03 Å². The highest BCUT2D eigenvalue weighted by atomic mass is 35.5. The molecule has 10 nitrogen and oxygen atoms in total. The summed E-state index contributed by atoms with van der Waals surface area (Å²) in [6.07, 6.45) is 2.41. The standard InChI is InChI=1S/C8H10ClN7O3S/c1-16-8(5(9)3-12-16)20(18,19)15-7-4(2-11-13-7)6(10)14-17/h2-3,17H,1H3,(H2,10,14)(H2,11,13,15). The van der Waals surface area contributed by atoms with Crippen LogP contribution in [0.25, 0.3) is 0 Å². The van der Waals surface area contributed by atoms with Gasteiger partial charge in [-0.15, -0.1) is 0 Å². The largest absolute Gasteiger partial charge is 0.409 e. The maximum Gasteiger partial charge on any atom is 0.281 e. The van der Waals surface area contributed by atoms with Crippen LogP contribution in [-0.2, 0) is 17.1 Å². The smallest absolute Gasteiger partial charge is 0.281 e. The summed E-state index contributed by atoms with van der Waals surface area (Å²) in [7, 11) is -2.58. The van der Waals surface area contributed by atoms with Crippen LogP contribution in [0.3, 0.4) is 0 Å². The average molecular weight is 320 g/mol. The van der Waals surface area contributed by atoms with Crippen LogP contribution in [-0.4, -0.2) is 39.4 Å². The van der Waals surface area contributed by atoms with Gasteiger partial charge in [0.2, 0.25) is 0 Å². The van der Waals surface area contributed by atoms with Crippen molar-refractivity contribution < 1.29 is 13.6 Å². The van der Waals surface area contributed by atoms with Crippen LogP contribution in [0.4, 0.5) is 5.82 Å². The van der Waals surface area contributed by atoms with Crippen LogP contribution in [0.1, 0.15) is 5.56 Å². The highest BCUT2D eigenvalue weighted by molar-refractivity contribution is 7.92. The molecule has 0 amide bonds. The summed E-state index contributed by atoms with van der Waals surface area (Å²) in [6, 6.07) is 0. The van der Waals surface area contributed by atoms with Gasteiger partial charge in [-0.25, -0.2) is 0 Å². The molecular weight excluding hydrogens is 310 g/mol. The van der Waals surface area contributed by atoms with Crippen LogP contribution >= 0.6 is 11.6 Å². The summed E-state index contributed by atoms with van der Waals surface area (Å²) < 4.78 is 27.7. The minimum absolute atomic E-state index is 0.0372. The van der Waals surface area contributed by atoms with Crippen LogP contribution in [0, 0.1) is 0 Å². The van der Waals surface area contributed by atoms with Crippen LogP contribution < -0.4 is 10.5 Å². The molecule has 2 heterocycles. The van der Waals surface area contributed by atoms with Crippen LogP contribution in [0.5, 0.6) is 0 Å². The van der Waals surface area contributed by atoms with Gasteiger partial charge < -0.3 is 10.9 Å². The van der Waals surface area contributed by atoms with Crippen LogP contribution in [0.2, 0.25) is 5.02 Å². The van der Waals surface area contributed by atoms with E-state index < -0.39 is 10.0 Å². The molecule has 2 aromatic heterocycles. The second-order valence-corrected chi connectivity index (χ2v) is 5.68. The van der Waals surface area contributed by atoms with Gasteiger partial charge in [0, 0.05) is 7.05 Å². The first kappa shape index (κ1) is 14.1. The molecule has 0 aliphatic carbocycles. The summed E-state index contributed by atoms with van der Waals surface area (Å²) in [5.41, 5.74) is 5.49. The lowest BCUT2D eigenvalue weighted by Gasteiger charge is -2.08. The zero-order chi connectivity index (χ0) is 14.9. The minimum atomic E-state index is -4.01. The van der Waals surface area contributed by atoms with E-state index in [9.17, 15) is 8.42 Å². The topological polar surface area (TPSA) is 151 Å². The number of aromatic amines is 1. The number of anilines is 1. The Morgan fingerprint density at radius 3 is 2.85 bits per heavy atom. The molecule has 2 rings (SSSR count). The van der Waals surface area contributed by atoms with Gasteiger partial charge in [0.15, 0.2) is 10.9 Å². The molecule has 0 radical (unpaired) electrons. The van der Waals surface area contributed by atoms with Crippen molar-refractivity contribution >= 4 is 33.3 Å². The summed E-state index contributed by atoms with van der Waals surface area (Å²) in [5.74, 6) is -0.356. The van der Waals surface area contributed by atoms with Gasteiger partial charge in [-0.05, 0) is 0 Å². The predicted molar refractivity (Wildman–Crippen MR) is 70.1 cm³/mol. The van der Waals surface area contributed by atoms with E-state index in [0.717, 1.165) is 4.68 Å². The number of H-pyrrole nitrogens is 1. The molecule has 0 spiro atoms. The zero-order valence-electron chi connectivity index (χ0n) is 10.1. The van der Waals surface area contributed by atoms with E-state index in [2.05, 4.69) is 25.2 Å². The molecule has 0 atom stereocenters. The third-order valence-corrected chi connectivity index (χ3v) is 4.21. The normalized spacial score (nSPS) is 12.6. The van der Waals surface area contributed by atoms with Crippen molar-refractivity contribution in [2.24, 2.45) is 17.9 Å². The Balaban J connectivity index is 2.43. The number of hydrogen-bond acceptors (Lipinski definition) is 6. The van der Waals surface area contributed by atoms with Crippen molar-refractivity contribution in [3.8, 4) is 0 Å². The number of rotatable bonds is 4. The molecule has 108 valence electrons. The first-order valence-corrected chi connectivity index (χ1v) is 6.94. The maximum absolute atomic E-state index is 12.2. The third-order valence-electron chi connectivity index (χ3n) is 2.36. The molecular formula is C8H10ClN7O3S. The Bertz CT molecular complexity index is 743. The molecule has 0 aliphatic rings. The molecule has 0 fully saturated rings. The van der Waals surface area contributed by atoms with Gasteiger partial charge >= 0.3 is 0 Å². The van der Waals surface area contributed by atoms with E-state index in [0.29, 0.717) is 0 Å². The number of amidine groups is 1. The SMILES string of the molecule is Cn1ncc(Cl)c1S(=O)(=O)Nc1[nH]ncc1C(N)=NO.